The lowest BCUT2D eigenvalue weighted by Gasteiger charge is -2.28. The van der Waals surface area contributed by atoms with Gasteiger partial charge in [0.1, 0.15) is 0 Å². The Balaban J connectivity index is 2.55. The first-order chi connectivity index (χ1) is 6.43. The van der Waals surface area contributed by atoms with E-state index in [9.17, 15) is 18.0 Å². The van der Waals surface area contributed by atoms with Crippen LogP contribution in [0.3, 0.4) is 0 Å². The molecule has 1 amide bonds. The number of rotatable bonds is 1. The zero-order valence-corrected chi connectivity index (χ0v) is 8.24. The van der Waals surface area contributed by atoms with E-state index in [1.165, 1.54) is 4.90 Å². The summed E-state index contributed by atoms with van der Waals surface area (Å²) in [7, 11) is 0. The summed E-state index contributed by atoms with van der Waals surface area (Å²) in [5.74, 6) is -1.01. The second kappa shape index (κ2) is 4.38. The molecule has 0 aromatic rings. The van der Waals surface area contributed by atoms with Gasteiger partial charge in [-0.15, -0.1) is 11.6 Å². The van der Waals surface area contributed by atoms with Crippen molar-refractivity contribution < 1.29 is 18.0 Å². The lowest BCUT2D eigenvalue weighted by atomic mass is 10.1. The molecule has 1 atom stereocenters. The zero-order valence-electron chi connectivity index (χ0n) is 7.48. The van der Waals surface area contributed by atoms with Crippen molar-refractivity contribution in [3.63, 3.8) is 0 Å². The van der Waals surface area contributed by atoms with Crippen molar-refractivity contribution in [1.82, 2.24) is 4.90 Å². The second-order valence-corrected chi connectivity index (χ2v) is 3.73. The monoisotopic (exact) mass is 229 g/mol. The van der Waals surface area contributed by atoms with Crippen LogP contribution >= 0.6 is 11.6 Å². The fraction of sp³-hybridized carbons (Fsp3) is 0.875. The summed E-state index contributed by atoms with van der Waals surface area (Å²) in [4.78, 5) is 12.4. The van der Waals surface area contributed by atoms with Gasteiger partial charge in [0.05, 0.1) is 0 Å². The van der Waals surface area contributed by atoms with Crippen LogP contribution in [0.25, 0.3) is 0 Å². The number of hydrogen-bond donors (Lipinski definition) is 0. The minimum Gasteiger partial charge on any atom is -0.341 e. The maximum atomic E-state index is 12.1. The Hall–Kier alpha value is -0.450. The Bertz CT molecular complexity index is 213. The molecule has 1 saturated heterocycles. The van der Waals surface area contributed by atoms with Gasteiger partial charge in [0, 0.05) is 13.1 Å². The van der Waals surface area contributed by atoms with Gasteiger partial charge < -0.3 is 4.90 Å². The van der Waals surface area contributed by atoms with Crippen LogP contribution < -0.4 is 0 Å². The number of amides is 1. The van der Waals surface area contributed by atoms with Gasteiger partial charge in [0.15, 0.2) is 0 Å². The summed E-state index contributed by atoms with van der Waals surface area (Å²) in [5, 5.41) is -2.39. The summed E-state index contributed by atoms with van der Waals surface area (Å²) in [5.41, 5.74) is 0. The average Bonchev–Trinajstić information content (AvgIpc) is 2.15. The standard InChI is InChI=1S/C8H11ClF3NO/c9-6(8(10,11)12)7(14)13-4-2-1-3-5-13/h6H,1-5H2/t6-/m1/s1. The summed E-state index contributed by atoms with van der Waals surface area (Å²) in [6.45, 7) is 0.774. The maximum absolute atomic E-state index is 12.1. The molecule has 0 saturated carbocycles. The molecule has 1 aliphatic heterocycles. The molecule has 82 valence electrons. The van der Waals surface area contributed by atoms with Crippen molar-refractivity contribution in [3.8, 4) is 0 Å². The lowest BCUT2D eigenvalue weighted by molar-refractivity contribution is -0.159. The summed E-state index contributed by atoms with van der Waals surface area (Å²) < 4.78 is 36.2. The SMILES string of the molecule is O=C([C@@H](Cl)C(F)(F)F)N1CCCCC1. The van der Waals surface area contributed by atoms with Crippen molar-refractivity contribution in [2.75, 3.05) is 13.1 Å². The molecule has 0 unspecified atom stereocenters. The van der Waals surface area contributed by atoms with E-state index >= 15 is 0 Å². The summed E-state index contributed by atoms with van der Waals surface area (Å²) in [6.07, 6.45) is -2.17. The van der Waals surface area contributed by atoms with E-state index < -0.39 is 17.5 Å². The minimum atomic E-state index is -4.64. The second-order valence-electron chi connectivity index (χ2n) is 3.29. The first kappa shape index (κ1) is 11.6. The molecular weight excluding hydrogens is 219 g/mol. The fourth-order valence-corrected chi connectivity index (χ4v) is 1.55. The largest absolute Gasteiger partial charge is 0.413 e. The van der Waals surface area contributed by atoms with Crippen molar-refractivity contribution in [2.24, 2.45) is 0 Å². The quantitative estimate of drug-likeness (QED) is 0.631. The van der Waals surface area contributed by atoms with Gasteiger partial charge in [-0.3, -0.25) is 4.79 Å². The van der Waals surface area contributed by atoms with Crippen LogP contribution in [0.4, 0.5) is 13.2 Å². The number of carbonyl (C=O) groups excluding carboxylic acids is 1. The van der Waals surface area contributed by atoms with Gasteiger partial charge in [-0.05, 0) is 19.3 Å². The number of nitrogens with zero attached hydrogens (tertiary/aromatic N) is 1. The number of piperidine rings is 1. The Morgan fingerprint density at radius 2 is 1.71 bits per heavy atom. The number of likely N-dealkylation sites (tertiary alicyclic amines) is 1. The Morgan fingerprint density at radius 1 is 1.21 bits per heavy atom. The molecule has 1 rings (SSSR count). The maximum Gasteiger partial charge on any atom is 0.413 e. The molecule has 2 nitrogen and oxygen atoms in total. The molecule has 1 heterocycles. The highest BCUT2D eigenvalue weighted by molar-refractivity contribution is 6.31. The van der Waals surface area contributed by atoms with E-state index in [0.717, 1.165) is 19.3 Å². The van der Waals surface area contributed by atoms with Crippen molar-refractivity contribution >= 4 is 17.5 Å². The van der Waals surface area contributed by atoms with Crippen LogP contribution in [-0.4, -0.2) is 35.4 Å². The highest BCUT2D eigenvalue weighted by Crippen LogP contribution is 2.27. The average molecular weight is 230 g/mol. The van der Waals surface area contributed by atoms with Crippen molar-refractivity contribution in [1.29, 1.82) is 0 Å². The first-order valence-electron chi connectivity index (χ1n) is 4.42. The number of halogens is 4. The Morgan fingerprint density at radius 3 is 2.14 bits per heavy atom. The van der Waals surface area contributed by atoms with Crippen LogP contribution in [0.5, 0.6) is 0 Å². The van der Waals surface area contributed by atoms with E-state index in [4.69, 9.17) is 11.6 Å². The number of alkyl halides is 4. The third kappa shape index (κ3) is 2.77. The van der Waals surface area contributed by atoms with Gasteiger partial charge in [0.25, 0.3) is 0 Å². The minimum absolute atomic E-state index is 0.387. The molecule has 0 aromatic carbocycles. The van der Waals surface area contributed by atoms with Crippen LogP contribution in [0.2, 0.25) is 0 Å². The van der Waals surface area contributed by atoms with Crippen LogP contribution in [0.15, 0.2) is 0 Å². The van der Waals surface area contributed by atoms with Crippen LogP contribution in [0.1, 0.15) is 19.3 Å². The van der Waals surface area contributed by atoms with Crippen molar-refractivity contribution in [3.05, 3.63) is 0 Å². The molecular formula is C8H11ClF3NO. The number of hydrogen-bond acceptors (Lipinski definition) is 1. The zero-order chi connectivity index (χ0) is 10.8. The molecule has 0 radical (unpaired) electrons. The predicted molar refractivity (Wildman–Crippen MR) is 46.1 cm³/mol. The predicted octanol–water partition coefficient (Wildman–Crippen LogP) is 2.17. The van der Waals surface area contributed by atoms with Crippen LogP contribution in [0, 0.1) is 0 Å². The molecule has 0 bridgehead atoms. The molecule has 14 heavy (non-hydrogen) atoms. The summed E-state index contributed by atoms with van der Waals surface area (Å²) >= 11 is 5.02. The van der Waals surface area contributed by atoms with Gasteiger partial charge in [-0.1, -0.05) is 0 Å². The molecule has 0 aliphatic carbocycles. The normalized spacial score (nSPS) is 20.7. The van der Waals surface area contributed by atoms with Gasteiger partial charge in [0.2, 0.25) is 11.3 Å². The van der Waals surface area contributed by atoms with Gasteiger partial charge in [-0.2, -0.15) is 13.2 Å². The molecule has 1 fully saturated rings. The summed E-state index contributed by atoms with van der Waals surface area (Å²) in [6, 6.07) is 0. The molecule has 0 N–H and O–H groups in total. The molecule has 6 heteroatoms. The Labute approximate surface area is 85.0 Å². The first-order valence-corrected chi connectivity index (χ1v) is 4.86. The topological polar surface area (TPSA) is 20.3 Å². The third-order valence-electron chi connectivity index (χ3n) is 2.17. The highest BCUT2D eigenvalue weighted by atomic mass is 35.5. The highest BCUT2D eigenvalue weighted by Gasteiger charge is 2.45. The molecule has 0 aromatic heterocycles. The Kier molecular flexibility index (Phi) is 3.64. The van der Waals surface area contributed by atoms with E-state index in [1.807, 2.05) is 0 Å². The van der Waals surface area contributed by atoms with E-state index in [1.54, 1.807) is 0 Å². The van der Waals surface area contributed by atoms with E-state index in [-0.39, 0.29) is 0 Å². The van der Waals surface area contributed by atoms with Gasteiger partial charge in [-0.25, -0.2) is 0 Å². The van der Waals surface area contributed by atoms with Gasteiger partial charge >= 0.3 is 6.18 Å². The number of carbonyl (C=O) groups is 1. The van der Waals surface area contributed by atoms with Crippen LogP contribution in [-0.2, 0) is 4.79 Å². The smallest absolute Gasteiger partial charge is 0.341 e. The molecule has 1 aliphatic rings. The third-order valence-corrected chi connectivity index (χ3v) is 2.61. The van der Waals surface area contributed by atoms with E-state index in [0.29, 0.717) is 13.1 Å². The molecule has 0 spiro atoms. The fourth-order valence-electron chi connectivity index (χ4n) is 1.41. The lowest BCUT2D eigenvalue weighted by Crippen LogP contribution is -2.45. The van der Waals surface area contributed by atoms with E-state index in [2.05, 4.69) is 0 Å². The van der Waals surface area contributed by atoms with Crippen molar-refractivity contribution in [2.45, 2.75) is 30.8 Å².